The number of aldehydes is 2. The smallest absolute Gasteiger partial charge is 0.412 e. The number of fused-ring (bicyclic) bond motifs is 4. The van der Waals surface area contributed by atoms with Crippen molar-refractivity contribution in [1.82, 2.24) is 29.3 Å². The second-order valence-electron chi connectivity index (χ2n) is 29.9. The van der Waals surface area contributed by atoms with Gasteiger partial charge < -0.3 is 76.1 Å². The fourth-order valence-electron chi connectivity index (χ4n) is 12.1. The number of carbonyl (C=O) groups excluding carboxylic acids is 9. The molecule has 0 aliphatic rings. The Bertz CT molecular complexity index is 5470. The molecule has 0 fully saturated rings. The third kappa shape index (κ3) is 26.6. The van der Waals surface area contributed by atoms with Crippen molar-refractivity contribution in [2.45, 2.75) is 138 Å². The van der Waals surface area contributed by atoms with Gasteiger partial charge in [-0.2, -0.15) is 0 Å². The number of aromatic nitrogens is 4. The number of H-pyrrole nitrogens is 1. The number of esters is 5. The summed E-state index contributed by atoms with van der Waals surface area (Å²) in [4.78, 5) is 114. The molecule has 26 heteroatoms. The third-order valence-corrected chi connectivity index (χ3v) is 17.4. The first-order valence-corrected chi connectivity index (χ1v) is 37.7. The molecule has 1 atom stereocenters. The Morgan fingerprint density at radius 1 is 0.407 bits per heavy atom. The summed E-state index contributed by atoms with van der Waals surface area (Å²) in [5.74, 6) is 0.0771. The van der Waals surface area contributed by atoms with Gasteiger partial charge in [0.1, 0.15) is 97.6 Å². The maximum atomic E-state index is 13.3. The number of rotatable bonds is 27. The van der Waals surface area contributed by atoms with Crippen molar-refractivity contribution in [2.75, 3.05) is 28.4 Å². The minimum absolute atomic E-state index is 0.00594. The summed E-state index contributed by atoms with van der Waals surface area (Å²) in [5.41, 5.74) is 6.89. The van der Waals surface area contributed by atoms with E-state index in [0.717, 1.165) is 73.3 Å². The first-order chi connectivity index (χ1) is 56.4. The molecule has 12 aromatic rings. The Morgan fingerprint density at radius 2 is 0.771 bits per heavy atom. The lowest BCUT2D eigenvalue weighted by Gasteiger charge is -2.19. The number of amides is 2. The number of hydrogen-bond acceptors (Lipinski definition) is 20. The SMILES string of the molecule is COc1ccc2[nH]cc(C=O)c2c1.COc1ccc2c(c1)c(/C=C(/NC(=O)OCc1ccccc1)C(=O)OCc1ccccc1)cn2CC(=O)OC(C)(C)C.COc1ccc2c(c1)c(C=O)cn2CC(=O)OC(C)(C)C.COc1ccc2c(c1)c(C[C@H](NC(=O)OCc1ccccc1)C(=O)OCc1ccccc1)cn2CC(=O)OC(C)(C)C. The number of nitrogens with zero attached hydrogens (tertiary/aromatic N) is 3. The molecule has 616 valence electrons. The number of benzene rings is 8. The monoisotopic (exact) mass is 1610 g/mol. The van der Waals surface area contributed by atoms with E-state index in [4.69, 9.17) is 52.1 Å². The summed E-state index contributed by atoms with van der Waals surface area (Å²) >= 11 is 0. The molecule has 118 heavy (non-hydrogen) atoms. The molecule has 0 spiro atoms. The van der Waals surface area contributed by atoms with Gasteiger partial charge in [-0.25, -0.2) is 19.2 Å². The van der Waals surface area contributed by atoms with Crippen LogP contribution in [0.15, 0.2) is 225 Å². The quantitative estimate of drug-likeness (QED) is 0.0186. The summed E-state index contributed by atoms with van der Waals surface area (Å²) in [5, 5.41) is 8.32. The molecule has 3 N–H and O–H groups in total. The third-order valence-electron chi connectivity index (χ3n) is 17.4. The van der Waals surface area contributed by atoms with Gasteiger partial charge in [0.15, 0.2) is 12.6 Å². The van der Waals surface area contributed by atoms with Gasteiger partial charge in [0, 0.05) is 91.5 Å². The highest BCUT2D eigenvalue weighted by Crippen LogP contribution is 2.32. The summed E-state index contributed by atoms with van der Waals surface area (Å²) < 4.78 is 64.5. The van der Waals surface area contributed by atoms with Crippen LogP contribution in [0.1, 0.15) is 116 Å². The summed E-state index contributed by atoms with van der Waals surface area (Å²) in [6.07, 6.45) is 8.43. The number of aromatic amines is 1. The van der Waals surface area contributed by atoms with Gasteiger partial charge >= 0.3 is 42.0 Å². The maximum Gasteiger partial charge on any atom is 0.412 e. The van der Waals surface area contributed by atoms with Gasteiger partial charge in [-0.1, -0.05) is 121 Å². The highest BCUT2D eigenvalue weighted by Gasteiger charge is 2.28. The van der Waals surface area contributed by atoms with Crippen LogP contribution in [0.3, 0.4) is 0 Å². The van der Waals surface area contributed by atoms with Gasteiger partial charge in [0.25, 0.3) is 0 Å². The zero-order valence-corrected chi connectivity index (χ0v) is 68.3. The molecular weight excluding hydrogens is 1510 g/mol. The van der Waals surface area contributed by atoms with E-state index in [9.17, 15) is 43.2 Å². The zero-order valence-electron chi connectivity index (χ0n) is 68.3. The van der Waals surface area contributed by atoms with E-state index in [0.29, 0.717) is 50.4 Å². The minimum Gasteiger partial charge on any atom is -0.497 e. The van der Waals surface area contributed by atoms with Gasteiger partial charge in [0.2, 0.25) is 0 Å². The number of alkyl carbamates (subject to hydrolysis) is 2. The average molecular weight is 1610 g/mol. The molecular formula is C92H98N6O20. The van der Waals surface area contributed by atoms with Crippen LogP contribution in [0.5, 0.6) is 23.0 Å². The number of carbonyl (C=O) groups is 9. The second kappa shape index (κ2) is 41.4. The lowest BCUT2D eigenvalue weighted by molar-refractivity contribution is -0.156. The van der Waals surface area contributed by atoms with Crippen LogP contribution >= 0.6 is 0 Å². The Labute approximate surface area is 683 Å². The largest absolute Gasteiger partial charge is 0.497 e. The topological polar surface area (TPSA) is 310 Å². The molecule has 26 nitrogen and oxygen atoms in total. The van der Waals surface area contributed by atoms with E-state index in [1.165, 1.54) is 6.08 Å². The predicted octanol–water partition coefficient (Wildman–Crippen LogP) is 16.4. The molecule has 0 radical (unpaired) electrons. The Hall–Kier alpha value is -13.9. The van der Waals surface area contributed by atoms with Crippen molar-refractivity contribution >= 4 is 104 Å². The average Bonchev–Trinajstić information content (AvgIpc) is 1.69. The first kappa shape index (κ1) is 88.0. The number of hydrogen-bond donors (Lipinski definition) is 3. The van der Waals surface area contributed by atoms with Crippen molar-refractivity contribution in [3.63, 3.8) is 0 Å². The Morgan fingerprint density at radius 3 is 1.19 bits per heavy atom. The van der Waals surface area contributed by atoms with E-state index >= 15 is 0 Å². The molecule has 0 aliphatic carbocycles. The van der Waals surface area contributed by atoms with Gasteiger partial charge in [-0.15, -0.1) is 0 Å². The highest BCUT2D eigenvalue weighted by molar-refractivity contribution is 6.02. The number of ether oxygens (including phenoxy) is 11. The molecule has 12 rings (SSSR count). The summed E-state index contributed by atoms with van der Waals surface area (Å²) in [6.45, 7) is 16.4. The van der Waals surface area contributed by atoms with Crippen molar-refractivity contribution < 1.29 is 95.3 Å². The molecule has 0 saturated heterocycles. The fraction of sp³-hybridized carbons (Fsp3) is 0.272. The van der Waals surface area contributed by atoms with Crippen LogP contribution in [0, 0.1) is 0 Å². The van der Waals surface area contributed by atoms with Crippen molar-refractivity contribution in [2.24, 2.45) is 0 Å². The van der Waals surface area contributed by atoms with Crippen LogP contribution in [0.2, 0.25) is 0 Å². The van der Waals surface area contributed by atoms with Gasteiger partial charge in [0.05, 0.1) is 28.4 Å². The molecule has 0 unspecified atom stereocenters. The van der Waals surface area contributed by atoms with E-state index in [-0.39, 0.29) is 64.1 Å². The Kier molecular flexibility index (Phi) is 30.9. The highest BCUT2D eigenvalue weighted by atomic mass is 16.6. The van der Waals surface area contributed by atoms with Crippen LogP contribution in [0.4, 0.5) is 9.59 Å². The lowest BCUT2D eigenvalue weighted by Crippen LogP contribution is -2.43. The van der Waals surface area contributed by atoms with Crippen LogP contribution in [-0.2, 0) is 110 Å². The van der Waals surface area contributed by atoms with Gasteiger partial charge in [-0.05, 0) is 169 Å². The van der Waals surface area contributed by atoms with E-state index in [2.05, 4.69) is 15.6 Å². The van der Waals surface area contributed by atoms with Crippen LogP contribution < -0.4 is 29.6 Å². The first-order valence-electron chi connectivity index (χ1n) is 37.7. The Balaban J connectivity index is 0.000000195. The maximum absolute atomic E-state index is 13.3. The zero-order chi connectivity index (χ0) is 85.1. The van der Waals surface area contributed by atoms with Crippen molar-refractivity contribution in [3.8, 4) is 23.0 Å². The van der Waals surface area contributed by atoms with Crippen molar-refractivity contribution in [3.05, 3.63) is 269 Å². The normalized spacial score (nSPS) is 11.5. The molecule has 4 aromatic heterocycles. The summed E-state index contributed by atoms with van der Waals surface area (Å²) in [6, 6.07) is 57.7. The fourth-order valence-corrected chi connectivity index (χ4v) is 12.1. The number of nitrogens with one attached hydrogen (secondary N) is 3. The molecule has 8 aromatic carbocycles. The molecule has 0 aliphatic heterocycles. The van der Waals surface area contributed by atoms with E-state index in [1.807, 2.05) is 205 Å². The standard InChI is InChI=1S/C33H36N2O7.C33H34N2O7.C16H19NO4.C10H9NO2/c2*1-33(2,3)42-30(36)20-35-19-25(27-18-26(39-4)15-16-29(27)35)17-28(31(37)40-21-23-11-7-5-8-12-23)34-32(38)41-22-24-13-9-6-10-14-24;1-16(2,3)21-15(19)9-17-8-11(10-18)13-7-12(20-4)5-6-14(13)17;1-13-8-2-3-10-9(4-8)7(6-12)5-11-10/h5-16,18-19,28H,17,20-22H2,1-4H3,(H,34,38);5-19H,20-22H2,1-4H3,(H,34,38);5-8,10H,9H2,1-4H3;2-6,11H,1H3/b;28-17+;;/t28-;;;/m0.../s1. The molecule has 0 saturated carbocycles. The molecule has 0 bridgehead atoms. The predicted molar refractivity (Wildman–Crippen MR) is 446 cm³/mol. The van der Waals surface area contributed by atoms with Crippen molar-refractivity contribution in [1.29, 1.82) is 0 Å². The van der Waals surface area contributed by atoms with Crippen LogP contribution in [-0.4, -0.2) is 125 Å². The minimum atomic E-state index is -1.07. The lowest BCUT2D eigenvalue weighted by atomic mass is 10.0. The van der Waals surface area contributed by atoms with E-state index in [1.54, 1.807) is 118 Å². The summed E-state index contributed by atoms with van der Waals surface area (Å²) in [7, 11) is 6.28. The molecule has 4 heterocycles. The number of methoxy groups -OCH3 is 4. The molecule has 2 amide bonds. The second-order valence-corrected chi connectivity index (χ2v) is 29.9. The van der Waals surface area contributed by atoms with E-state index < -0.39 is 58.9 Å². The van der Waals surface area contributed by atoms with Gasteiger partial charge in [-0.3, -0.25) is 29.3 Å². The van der Waals surface area contributed by atoms with Crippen LogP contribution in [0.25, 0.3) is 49.7 Å².